The van der Waals surface area contributed by atoms with Gasteiger partial charge in [-0.3, -0.25) is 9.59 Å². The third-order valence-corrected chi connectivity index (χ3v) is 7.40. The van der Waals surface area contributed by atoms with Gasteiger partial charge in [0.1, 0.15) is 0 Å². The Morgan fingerprint density at radius 1 is 0.927 bits per heavy atom. The number of aliphatic hydroxyl groups excluding tert-OH is 1. The van der Waals surface area contributed by atoms with Crippen LogP contribution in [0.4, 0.5) is 0 Å². The summed E-state index contributed by atoms with van der Waals surface area (Å²) >= 11 is 0. The van der Waals surface area contributed by atoms with Crippen molar-refractivity contribution in [2.75, 3.05) is 39.4 Å². The van der Waals surface area contributed by atoms with E-state index in [0.29, 0.717) is 56.3 Å². The van der Waals surface area contributed by atoms with E-state index >= 15 is 0 Å². The van der Waals surface area contributed by atoms with E-state index in [0.717, 1.165) is 31.4 Å². The Morgan fingerprint density at radius 2 is 1.63 bits per heavy atom. The number of amides is 2. The average molecular weight is 568 g/mol. The van der Waals surface area contributed by atoms with Crippen LogP contribution in [0.15, 0.2) is 54.6 Å². The molecule has 0 fully saturated rings. The minimum atomic E-state index is -0.804. The number of ether oxygens (including phenoxy) is 1. The molecule has 0 saturated carbocycles. The van der Waals surface area contributed by atoms with Crippen molar-refractivity contribution in [1.82, 2.24) is 15.5 Å². The number of nitrogens with zero attached hydrogens (tertiary/aromatic N) is 1. The number of hydrogen-bond donors (Lipinski definition) is 3. The monoisotopic (exact) mass is 567 g/mol. The van der Waals surface area contributed by atoms with Crippen LogP contribution >= 0.6 is 0 Å². The number of unbranched alkanes of at least 4 members (excludes halogenated alkanes) is 1. The number of aliphatic hydroxyl groups is 1. The van der Waals surface area contributed by atoms with Crippen LogP contribution in [0.3, 0.4) is 0 Å². The summed E-state index contributed by atoms with van der Waals surface area (Å²) in [6.45, 7) is 12.2. The molecule has 1 unspecified atom stereocenters. The van der Waals surface area contributed by atoms with E-state index in [4.69, 9.17) is 4.74 Å². The van der Waals surface area contributed by atoms with Gasteiger partial charge in [0.15, 0.2) is 0 Å². The van der Waals surface area contributed by atoms with Crippen LogP contribution < -0.4 is 10.6 Å². The molecular weight excluding hydrogens is 514 g/mol. The highest BCUT2D eigenvalue weighted by Gasteiger charge is 2.23. The quantitative estimate of drug-likeness (QED) is 0.174. The highest BCUT2D eigenvalue weighted by Crippen LogP contribution is 2.14. The molecule has 3 N–H and O–H groups in total. The molecule has 0 aliphatic rings. The molecule has 228 valence electrons. The second-order valence-corrected chi connectivity index (χ2v) is 10.9. The minimum Gasteiger partial charge on any atom is -0.390 e. The first-order valence-corrected chi connectivity index (χ1v) is 15.6. The van der Waals surface area contributed by atoms with Crippen molar-refractivity contribution >= 4 is 11.8 Å². The van der Waals surface area contributed by atoms with Crippen LogP contribution in [0.25, 0.3) is 0 Å². The van der Waals surface area contributed by atoms with Gasteiger partial charge in [0.2, 0.25) is 0 Å². The standard InChI is InChI=1S/C34H53N3O4/c1-5-9-14-27(8-4)26-41-22-19-35-25-32(38)31(23-28-15-11-10-12-16-28)36-33(39)29-17-13-18-30(24-29)34(40)37(20-6-2)21-7-3/h10-13,15-18,24,27,31-32,35,38H,5-9,14,19-23,25-26H2,1-4H3,(H,36,39)/t27?,31-,32+/m0/s1. The van der Waals surface area contributed by atoms with Crippen molar-refractivity contribution in [2.24, 2.45) is 5.92 Å². The van der Waals surface area contributed by atoms with Gasteiger partial charge in [0, 0.05) is 43.9 Å². The van der Waals surface area contributed by atoms with Crippen LogP contribution in [0.2, 0.25) is 0 Å². The van der Waals surface area contributed by atoms with Crippen LogP contribution in [0.1, 0.15) is 92.5 Å². The highest BCUT2D eigenvalue weighted by atomic mass is 16.5. The van der Waals surface area contributed by atoms with Crippen LogP contribution in [0.5, 0.6) is 0 Å². The van der Waals surface area contributed by atoms with Crippen LogP contribution in [-0.4, -0.2) is 73.4 Å². The van der Waals surface area contributed by atoms with Crippen molar-refractivity contribution in [3.63, 3.8) is 0 Å². The maximum Gasteiger partial charge on any atom is 0.253 e. The summed E-state index contributed by atoms with van der Waals surface area (Å²) in [7, 11) is 0. The highest BCUT2D eigenvalue weighted by molar-refractivity contribution is 5.99. The lowest BCUT2D eigenvalue weighted by Crippen LogP contribution is -2.49. The SMILES string of the molecule is CCCCC(CC)COCCNC[C@@H](O)[C@H](Cc1ccccc1)NC(=O)c1cccc(C(=O)N(CCC)CCC)c1. The normalized spacial score (nSPS) is 13.4. The summed E-state index contributed by atoms with van der Waals surface area (Å²) in [5.74, 6) is 0.227. The molecule has 0 radical (unpaired) electrons. The molecule has 3 atom stereocenters. The third kappa shape index (κ3) is 12.8. The number of carbonyl (C=O) groups is 2. The largest absolute Gasteiger partial charge is 0.390 e. The molecule has 0 spiro atoms. The van der Waals surface area contributed by atoms with Gasteiger partial charge in [0.05, 0.1) is 18.8 Å². The first kappa shape index (κ1) is 34.5. The molecule has 2 amide bonds. The molecule has 0 heterocycles. The Kier molecular flexibility index (Phi) is 17.0. The lowest BCUT2D eigenvalue weighted by molar-refractivity contribution is 0.0755. The molecule has 7 heteroatoms. The van der Waals surface area contributed by atoms with E-state index in [2.05, 4.69) is 38.3 Å². The molecule has 0 aliphatic carbocycles. The maximum atomic E-state index is 13.3. The molecule has 0 saturated heterocycles. The molecule has 41 heavy (non-hydrogen) atoms. The van der Waals surface area contributed by atoms with Crippen molar-refractivity contribution in [2.45, 2.75) is 84.8 Å². The first-order chi connectivity index (χ1) is 19.9. The fourth-order valence-corrected chi connectivity index (χ4v) is 4.92. The number of hydrogen-bond acceptors (Lipinski definition) is 5. The van der Waals surface area contributed by atoms with Crippen molar-refractivity contribution in [1.29, 1.82) is 0 Å². The summed E-state index contributed by atoms with van der Waals surface area (Å²) in [6, 6.07) is 16.2. The first-order valence-electron chi connectivity index (χ1n) is 15.6. The minimum absolute atomic E-state index is 0.0636. The van der Waals surface area contributed by atoms with Crippen LogP contribution in [0, 0.1) is 5.92 Å². The van der Waals surface area contributed by atoms with Gasteiger partial charge in [-0.2, -0.15) is 0 Å². The van der Waals surface area contributed by atoms with E-state index in [1.807, 2.05) is 35.2 Å². The van der Waals surface area contributed by atoms with Gasteiger partial charge in [-0.25, -0.2) is 0 Å². The second kappa shape index (κ2) is 20.2. The zero-order chi connectivity index (χ0) is 29.9. The number of nitrogens with one attached hydrogen (secondary N) is 2. The summed E-state index contributed by atoms with van der Waals surface area (Å²) < 4.78 is 5.88. The number of benzene rings is 2. The summed E-state index contributed by atoms with van der Waals surface area (Å²) in [6.07, 6.45) is 6.20. The fourth-order valence-electron chi connectivity index (χ4n) is 4.92. The lowest BCUT2D eigenvalue weighted by Gasteiger charge is -2.25. The molecule has 2 aromatic rings. The van der Waals surface area contributed by atoms with E-state index in [1.54, 1.807) is 24.3 Å². The molecule has 2 rings (SSSR count). The Bertz CT molecular complexity index is 994. The number of rotatable bonds is 21. The van der Waals surface area contributed by atoms with Gasteiger partial charge in [-0.05, 0) is 55.4 Å². The molecule has 0 aliphatic heterocycles. The number of carbonyl (C=O) groups excluding carboxylic acids is 2. The molecule has 0 bridgehead atoms. The summed E-state index contributed by atoms with van der Waals surface area (Å²) in [5.41, 5.74) is 1.93. The van der Waals surface area contributed by atoms with Gasteiger partial charge in [-0.15, -0.1) is 0 Å². The fraction of sp³-hybridized carbons (Fsp3) is 0.588. The van der Waals surface area contributed by atoms with Crippen molar-refractivity contribution < 1.29 is 19.4 Å². The van der Waals surface area contributed by atoms with Crippen molar-refractivity contribution in [3.05, 3.63) is 71.3 Å². The topological polar surface area (TPSA) is 90.9 Å². The van der Waals surface area contributed by atoms with E-state index < -0.39 is 12.1 Å². The summed E-state index contributed by atoms with van der Waals surface area (Å²) in [4.78, 5) is 28.3. The Balaban J connectivity index is 2.00. The Hall–Kier alpha value is -2.74. The second-order valence-electron chi connectivity index (χ2n) is 10.9. The van der Waals surface area contributed by atoms with Gasteiger partial charge >= 0.3 is 0 Å². The van der Waals surface area contributed by atoms with Crippen LogP contribution in [-0.2, 0) is 11.2 Å². The molecule has 2 aromatic carbocycles. The average Bonchev–Trinajstić information content (AvgIpc) is 3.00. The third-order valence-electron chi connectivity index (χ3n) is 7.40. The van der Waals surface area contributed by atoms with E-state index in [9.17, 15) is 14.7 Å². The van der Waals surface area contributed by atoms with Gasteiger partial charge in [0.25, 0.3) is 11.8 Å². The molecule has 0 aromatic heterocycles. The van der Waals surface area contributed by atoms with Gasteiger partial charge < -0.3 is 25.4 Å². The smallest absolute Gasteiger partial charge is 0.253 e. The zero-order valence-electron chi connectivity index (χ0n) is 25.7. The Morgan fingerprint density at radius 3 is 2.29 bits per heavy atom. The molecule has 7 nitrogen and oxygen atoms in total. The van der Waals surface area contributed by atoms with Crippen molar-refractivity contribution in [3.8, 4) is 0 Å². The summed E-state index contributed by atoms with van der Waals surface area (Å²) in [5, 5.41) is 17.4. The lowest BCUT2D eigenvalue weighted by atomic mass is 10.00. The predicted octanol–water partition coefficient (Wildman–Crippen LogP) is 5.47. The predicted molar refractivity (Wildman–Crippen MR) is 167 cm³/mol. The maximum absolute atomic E-state index is 13.3. The zero-order valence-corrected chi connectivity index (χ0v) is 25.7. The van der Waals surface area contributed by atoms with E-state index in [-0.39, 0.29) is 11.8 Å². The molecular formula is C34H53N3O4. The van der Waals surface area contributed by atoms with E-state index in [1.165, 1.54) is 19.3 Å². The Labute approximate surface area is 248 Å². The van der Waals surface area contributed by atoms with Gasteiger partial charge in [-0.1, -0.05) is 83.4 Å².